The van der Waals surface area contributed by atoms with Gasteiger partial charge < -0.3 is 5.73 Å². The van der Waals surface area contributed by atoms with Crippen LogP contribution in [0, 0.1) is 11.6 Å². The van der Waals surface area contributed by atoms with Crippen LogP contribution in [0.15, 0.2) is 23.1 Å². The summed E-state index contributed by atoms with van der Waals surface area (Å²) in [6.45, 7) is 2.01. The van der Waals surface area contributed by atoms with Gasteiger partial charge in [0.05, 0.1) is 4.90 Å². The molecule has 2 atom stereocenters. The Balaban J connectivity index is 2.36. The molecule has 0 unspecified atom stereocenters. The molecule has 0 aromatic heterocycles. The van der Waals surface area contributed by atoms with Crippen LogP contribution in [0.2, 0.25) is 0 Å². The maximum Gasteiger partial charge on any atom is 0.243 e. The molecule has 0 bridgehead atoms. The number of nitrogens with zero attached hydrogens (tertiary/aromatic N) is 1. The zero-order valence-electron chi connectivity index (χ0n) is 10.5. The molecule has 0 saturated carbocycles. The highest BCUT2D eigenvalue weighted by molar-refractivity contribution is 7.89. The number of sulfonamides is 1. The van der Waals surface area contributed by atoms with Crippen molar-refractivity contribution in [3.05, 3.63) is 29.8 Å². The number of nitrogens with two attached hydrogens (primary N) is 1. The van der Waals surface area contributed by atoms with Gasteiger partial charge in [0.15, 0.2) is 0 Å². The number of piperidine rings is 1. The highest BCUT2D eigenvalue weighted by atomic mass is 32.2. The number of benzene rings is 1. The number of rotatable bonds is 2. The maximum absolute atomic E-state index is 13.1. The van der Waals surface area contributed by atoms with E-state index in [1.54, 1.807) is 6.92 Å². The van der Waals surface area contributed by atoms with Crippen molar-refractivity contribution in [3.8, 4) is 0 Å². The minimum Gasteiger partial charge on any atom is -0.328 e. The minimum absolute atomic E-state index is 0.0364. The summed E-state index contributed by atoms with van der Waals surface area (Å²) in [5.74, 6) is -1.81. The summed E-state index contributed by atoms with van der Waals surface area (Å²) in [7, 11) is -3.88. The Morgan fingerprint density at radius 2 is 1.84 bits per heavy atom. The van der Waals surface area contributed by atoms with E-state index in [4.69, 9.17) is 5.73 Å². The molecule has 1 saturated heterocycles. The fourth-order valence-electron chi connectivity index (χ4n) is 2.36. The summed E-state index contributed by atoms with van der Waals surface area (Å²) in [5.41, 5.74) is 5.78. The molecule has 19 heavy (non-hydrogen) atoms. The van der Waals surface area contributed by atoms with Crippen LogP contribution < -0.4 is 5.73 Å². The van der Waals surface area contributed by atoms with Crippen molar-refractivity contribution in [3.63, 3.8) is 0 Å². The quantitative estimate of drug-likeness (QED) is 0.897. The number of hydrogen-bond acceptors (Lipinski definition) is 3. The fourth-order valence-corrected chi connectivity index (χ4v) is 4.06. The molecule has 1 aromatic carbocycles. The second kappa shape index (κ2) is 5.15. The smallest absolute Gasteiger partial charge is 0.243 e. The Bertz CT molecular complexity index is 557. The van der Waals surface area contributed by atoms with Crippen LogP contribution in [0.1, 0.15) is 19.8 Å². The highest BCUT2D eigenvalue weighted by Crippen LogP contribution is 2.25. The van der Waals surface area contributed by atoms with Gasteiger partial charge in [0.2, 0.25) is 10.0 Å². The van der Waals surface area contributed by atoms with Gasteiger partial charge in [-0.25, -0.2) is 17.2 Å². The molecule has 1 aliphatic rings. The van der Waals surface area contributed by atoms with Crippen LogP contribution in [0.3, 0.4) is 0 Å². The van der Waals surface area contributed by atoms with Crippen molar-refractivity contribution in [2.45, 2.75) is 36.7 Å². The van der Waals surface area contributed by atoms with E-state index in [1.807, 2.05) is 0 Å². The Morgan fingerprint density at radius 3 is 2.37 bits per heavy atom. The third kappa shape index (κ3) is 2.93. The largest absolute Gasteiger partial charge is 0.328 e. The van der Waals surface area contributed by atoms with Crippen molar-refractivity contribution in [2.24, 2.45) is 5.73 Å². The van der Waals surface area contributed by atoms with Gasteiger partial charge in [-0.3, -0.25) is 0 Å². The lowest BCUT2D eigenvalue weighted by Gasteiger charge is -2.35. The lowest BCUT2D eigenvalue weighted by molar-refractivity contribution is 0.247. The second-order valence-electron chi connectivity index (χ2n) is 4.85. The first kappa shape index (κ1) is 14.4. The molecule has 1 aromatic rings. The molecule has 106 valence electrons. The molecule has 0 radical (unpaired) electrons. The molecule has 1 fully saturated rings. The van der Waals surface area contributed by atoms with Crippen molar-refractivity contribution in [1.82, 2.24) is 4.31 Å². The molecule has 2 rings (SSSR count). The Labute approximate surface area is 111 Å². The molecule has 7 heteroatoms. The molecular weight excluding hydrogens is 274 g/mol. The van der Waals surface area contributed by atoms with Crippen molar-refractivity contribution in [2.75, 3.05) is 6.54 Å². The minimum atomic E-state index is -3.88. The molecule has 1 heterocycles. The van der Waals surface area contributed by atoms with Crippen LogP contribution in [0.5, 0.6) is 0 Å². The predicted molar refractivity (Wildman–Crippen MR) is 66.9 cm³/mol. The van der Waals surface area contributed by atoms with Crippen LogP contribution in [-0.2, 0) is 10.0 Å². The van der Waals surface area contributed by atoms with E-state index in [2.05, 4.69) is 0 Å². The van der Waals surface area contributed by atoms with Gasteiger partial charge in [-0.15, -0.1) is 0 Å². The van der Waals surface area contributed by atoms with Gasteiger partial charge in [0.1, 0.15) is 11.6 Å². The van der Waals surface area contributed by atoms with E-state index < -0.39 is 21.7 Å². The molecule has 0 spiro atoms. The van der Waals surface area contributed by atoms with E-state index >= 15 is 0 Å². The van der Waals surface area contributed by atoms with Gasteiger partial charge in [-0.05, 0) is 31.9 Å². The normalized spacial score (nSPS) is 25.5. The van der Waals surface area contributed by atoms with E-state index in [0.29, 0.717) is 18.9 Å². The molecule has 2 N–H and O–H groups in total. The fraction of sp³-hybridized carbons (Fsp3) is 0.500. The van der Waals surface area contributed by atoms with Gasteiger partial charge in [0.25, 0.3) is 0 Å². The van der Waals surface area contributed by atoms with Crippen molar-refractivity contribution >= 4 is 10.0 Å². The summed E-state index contributed by atoms with van der Waals surface area (Å²) in [6, 6.07) is 2.00. The van der Waals surface area contributed by atoms with Crippen molar-refractivity contribution < 1.29 is 17.2 Å². The first-order chi connectivity index (χ1) is 8.80. The maximum atomic E-state index is 13.1. The summed E-state index contributed by atoms with van der Waals surface area (Å²) in [4.78, 5) is -0.354. The van der Waals surface area contributed by atoms with Crippen LogP contribution >= 0.6 is 0 Å². The average Bonchev–Trinajstić information content (AvgIpc) is 2.26. The summed E-state index contributed by atoms with van der Waals surface area (Å²) < 4.78 is 52.3. The van der Waals surface area contributed by atoms with Crippen LogP contribution in [-0.4, -0.2) is 31.4 Å². The van der Waals surface area contributed by atoms with Crippen LogP contribution in [0.4, 0.5) is 8.78 Å². The van der Waals surface area contributed by atoms with E-state index in [9.17, 15) is 17.2 Å². The van der Waals surface area contributed by atoms with E-state index in [1.165, 1.54) is 4.31 Å². The third-order valence-electron chi connectivity index (χ3n) is 3.30. The molecular formula is C12H16F2N2O2S. The second-order valence-corrected chi connectivity index (χ2v) is 6.74. The lowest BCUT2D eigenvalue weighted by Crippen LogP contribution is -2.48. The third-order valence-corrected chi connectivity index (χ3v) is 5.29. The Kier molecular flexibility index (Phi) is 3.89. The molecule has 4 nitrogen and oxygen atoms in total. The average molecular weight is 290 g/mol. The molecule has 1 aliphatic heterocycles. The Hall–Kier alpha value is -1.05. The highest BCUT2D eigenvalue weighted by Gasteiger charge is 2.33. The SMILES string of the molecule is C[C@H]1C[C@@H](N)CCN1S(=O)(=O)c1cc(F)cc(F)c1. The van der Waals surface area contributed by atoms with Crippen LogP contribution in [0.25, 0.3) is 0 Å². The van der Waals surface area contributed by atoms with E-state index in [-0.39, 0.29) is 23.5 Å². The summed E-state index contributed by atoms with van der Waals surface area (Å²) >= 11 is 0. The number of hydrogen-bond donors (Lipinski definition) is 1. The zero-order chi connectivity index (χ0) is 14.2. The zero-order valence-corrected chi connectivity index (χ0v) is 11.3. The molecule has 0 aliphatic carbocycles. The first-order valence-electron chi connectivity index (χ1n) is 6.04. The topological polar surface area (TPSA) is 63.4 Å². The van der Waals surface area contributed by atoms with Crippen molar-refractivity contribution in [1.29, 1.82) is 0 Å². The summed E-state index contributed by atoms with van der Waals surface area (Å²) in [6.07, 6.45) is 1.08. The predicted octanol–water partition coefficient (Wildman–Crippen LogP) is 1.47. The van der Waals surface area contributed by atoms with Gasteiger partial charge in [-0.2, -0.15) is 4.31 Å². The standard InChI is InChI=1S/C12H16F2N2O2S/c1-8-4-11(15)2-3-16(8)19(17,18)12-6-9(13)5-10(14)7-12/h5-8,11H,2-4,15H2,1H3/t8-,11-/m0/s1. The Morgan fingerprint density at radius 1 is 1.26 bits per heavy atom. The van der Waals surface area contributed by atoms with Gasteiger partial charge in [-0.1, -0.05) is 0 Å². The summed E-state index contributed by atoms with van der Waals surface area (Å²) in [5, 5.41) is 0. The van der Waals surface area contributed by atoms with E-state index in [0.717, 1.165) is 12.1 Å². The van der Waals surface area contributed by atoms with Gasteiger partial charge in [0, 0.05) is 24.7 Å². The lowest BCUT2D eigenvalue weighted by atomic mass is 10.0. The van der Waals surface area contributed by atoms with Gasteiger partial charge >= 0.3 is 0 Å². The first-order valence-corrected chi connectivity index (χ1v) is 7.48. The monoisotopic (exact) mass is 290 g/mol. The molecule has 0 amide bonds. The number of halogens is 2.